The molecule has 0 saturated carbocycles. The molecule has 2 amide bonds. The van der Waals surface area contributed by atoms with Gasteiger partial charge in [-0.1, -0.05) is 44.2 Å². The Balaban J connectivity index is 2.48. The van der Waals surface area contributed by atoms with Crippen LogP contribution in [0.1, 0.15) is 32.3 Å². The minimum Gasteiger partial charge on any atom is -0.461 e. The topological polar surface area (TPSA) is 125 Å². The van der Waals surface area contributed by atoms with Crippen molar-refractivity contribution in [1.29, 1.82) is 0 Å². The average molecular weight is 336 g/mol. The summed E-state index contributed by atoms with van der Waals surface area (Å²) in [5.41, 5.74) is 8.28. The van der Waals surface area contributed by atoms with Gasteiger partial charge in [0.05, 0.1) is 6.04 Å². The van der Waals surface area contributed by atoms with Gasteiger partial charge in [0.2, 0.25) is 11.8 Å². The SMILES string of the molecule is [2H]N[C@H](C(=O)N[C@@H](CCC(=O)OCc1ccccc1)C(N)=O)C(C)C. The molecule has 0 aliphatic heterocycles. The summed E-state index contributed by atoms with van der Waals surface area (Å²) in [4.78, 5) is 35.4. The molecule has 0 radical (unpaired) electrons. The molecule has 0 heterocycles. The Morgan fingerprint density at radius 3 is 2.46 bits per heavy atom. The van der Waals surface area contributed by atoms with Gasteiger partial charge in [0, 0.05) is 6.42 Å². The number of nitrogens with two attached hydrogens (primary N) is 2. The third kappa shape index (κ3) is 6.78. The molecule has 7 heteroatoms. The first kappa shape index (κ1) is 17.9. The summed E-state index contributed by atoms with van der Waals surface area (Å²) in [5.74, 6) is -1.87. The fourth-order valence-corrected chi connectivity index (χ4v) is 1.92. The number of hydrogen-bond acceptors (Lipinski definition) is 5. The lowest BCUT2D eigenvalue weighted by Gasteiger charge is -2.20. The molecule has 0 spiro atoms. The van der Waals surface area contributed by atoms with Gasteiger partial charge in [-0.05, 0) is 17.9 Å². The lowest BCUT2D eigenvalue weighted by Crippen LogP contribution is -2.52. The summed E-state index contributed by atoms with van der Waals surface area (Å²) >= 11 is 0. The smallest absolute Gasteiger partial charge is 0.306 e. The maximum atomic E-state index is 12.1. The summed E-state index contributed by atoms with van der Waals surface area (Å²) in [6, 6.07) is 7.44. The van der Waals surface area contributed by atoms with Crippen molar-refractivity contribution in [3.05, 3.63) is 35.9 Å². The first-order valence-electron chi connectivity index (χ1n) is 8.31. The summed E-state index contributed by atoms with van der Waals surface area (Å²) in [6.07, 6.45) is -0.0150. The van der Waals surface area contributed by atoms with E-state index in [9.17, 15) is 14.4 Å². The van der Waals surface area contributed by atoms with Crippen LogP contribution in [-0.2, 0) is 25.7 Å². The van der Waals surface area contributed by atoms with Crippen LogP contribution in [0.5, 0.6) is 0 Å². The molecule has 1 aromatic rings. The van der Waals surface area contributed by atoms with Crippen LogP contribution in [0.15, 0.2) is 30.3 Å². The molecule has 0 saturated heterocycles. The van der Waals surface area contributed by atoms with Gasteiger partial charge in [-0.25, -0.2) is 0 Å². The van der Waals surface area contributed by atoms with Crippen molar-refractivity contribution in [1.82, 2.24) is 5.32 Å². The number of nitrogens with one attached hydrogen (secondary N) is 1. The van der Waals surface area contributed by atoms with Gasteiger partial charge >= 0.3 is 5.97 Å². The monoisotopic (exact) mass is 336 g/mol. The highest BCUT2D eigenvalue weighted by Crippen LogP contribution is 2.05. The molecule has 0 unspecified atom stereocenters. The normalized spacial score (nSPS) is 13.7. The number of primary amides is 1. The number of carbonyl (C=O) groups excluding carboxylic acids is 3. The largest absolute Gasteiger partial charge is 0.461 e. The summed E-state index contributed by atoms with van der Waals surface area (Å²) in [7, 11) is 0. The van der Waals surface area contributed by atoms with E-state index >= 15 is 0 Å². The third-order valence-corrected chi connectivity index (χ3v) is 3.49. The van der Waals surface area contributed by atoms with Gasteiger partial charge in [-0.3, -0.25) is 14.4 Å². The molecule has 5 N–H and O–H groups in total. The standard InChI is InChI=1S/C17H25N3O4/c1-11(2)15(18)17(23)20-13(16(19)22)8-9-14(21)24-10-12-6-4-3-5-7-12/h3-7,11,13,15H,8-10,18H2,1-2H3,(H2,19,22)(H,20,23)/t13-,15-/m0/s1/i/hD. The van der Waals surface area contributed by atoms with E-state index in [1.807, 2.05) is 30.3 Å². The van der Waals surface area contributed by atoms with Crippen LogP contribution < -0.4 is 16.8 Å². The van der Waals surface area contributed by atoms with E-state index < -0.39 is 29.9 Å². The Labute approximate surface area is 143 Å². The van der Waals surface area contributed by atoms with E-state index in [4.69, 9.17) is 11.9 Å². The van der Waals surface area contributed by atoms with Crippen LogP contribution in [0.4, 0.5) is 0 Å². The lowest BCUT2D eigenvalue weighted by atomic mass is 10.0. The van der Waals surface area contributed by atoms with Crippen LogP contribution in [0.2, 0.25) is 1.41 Å². The maximum absolute atomic E-state index is 12.1. The highest BCUT2D eigenvalue weighted by Gasteiger charge is 2.24. The molecule has 2 atom stereocenters. The van der Waals surface area contributed by atoms with Crippen LogP contribution in [0.25, 0.3) is 0 Å². The van der Waals surface area contributed by atoms with Crippen LogP contribution in [-0.4, -0.2) is 29.9 Å². The molecule has 1 rings (SSSR count). The Hall–Kier alpha value is -2.41. The quantitative estimate of drug-likeness (QED) is 0.535. The van der Waals surface area contributed by atoms with Gasteiger partial charge in [0.1, 0.15) is 14.1 Å². The van der Waals surface area contributed by atoms with Gasteiger partial charge in [-0.2, -0.15) is 0 Å². The van der Waals surface area contributed by atoms with Crippen molar-refractivity contribution in [3.8, 4) is 0 Å². The van der Waals surface area contributed by atoms with Gasteiger partial charge in [0.15, 0.2) is 0 Å². The minimum atomic E-state index is -0.994. The molecule has 0 bridgehead atoms. The number of rotatable bonds is 10. The van der Waals surface area contributed by atoms with E-state index in [-0.39, 0.29) is 25.4 Å². The predicted molar refractivity (Wildman–Crippen MR) is 89.4 cm³/mol. The molecule has 0 aliphatic rings. The van der Waals surface area contributed by atoms with Crippen molar-refractivity contribution < 1.29 is 20.5 Å². The summed E-state index contributed by atoms with van der Waals surface area (Å²) in [5, 5.41) is 2.47. The van der Waals surface area contributed by atoms with E-state index in [0.717, 1.165) is 5.56 Å². The number of carbonyl (C=O) groups is 3. The Morgan fingerprint density at radius 1 is 1.25 bits per heavy atom. The van der Waals surface area contributed by atoms with Crippen LogP contribution >= 0.6 is 0 Å². The van der Waals surface area contributed by atoms with E-state index in [1.54, 1.807) is 13.8 Å². The second-order valence-corrected chi connectivity index (χ2v) is 5.87. The van der Waals surface area contributed by atoms with Crippen molar-refractivity contribution in [2.75, 3.05) is 0 Å². The second-order valence-electron chi connectivity index (χ2n) is 5.87. The molecule has 132 valence electrons. The maximum Gasteiger partial charge on any atom is 0.306 e. The Bertz CT molecular complexity index is 581. The van der Waals surface area contributed by atoms with Gasteiger partial charge in [-0.15, -0.1) is 0 Å². The Morgan fingerprint density at radius 2 is 1.92 bits per heavy atom. The molecule has 0 fully saturated rings. The van der Waals surface area contributed by atoms with Crippen LogP contribution in [0, 0.1) is 5.92 Å². The van der Waals surface area contributed by atoms with Crippen molar-refractivity contribution in [2.24, 2.45) is 17.4 Å². The number of esters is 1. The lowest BCUT2D eigenvalue weighted by molar-refractivity contribution is -0.145. The number of amides is 2. The van der Waals surface area contributed by atoms with Crippen molar-refractivity contribution >= 4 is 17.8 Å². The van der Waals surface area contributed by atoms with Gasteiger partial charge < -0.3 is 21.5 Å². The van der Waals surface area contributed by atoms with E-state index in [2.05, 4.69) is 11.0 Å². The molecule has 0 aromatic heterocycles. The van der Waals surface area contributed by atoms with Crippen LogP contribution in [0.3, 0.4) is 0 Å². The summed E-state index contributed by atoms with van der Waals surface area (Å²) in [6.45, 7) is 3.68. The molecular weight excluding hydrogens is 310 g/mol. The van der Waals surface area contributed by atoms with E-state index in [0.29, 0.717) is 0 Å². The molecule has 0 aliphatic carbocycles. The average Bonchev–Trinajstić information content (AvgIpc) is 2.57. The Kier molecular flexibility index (Phi) is 7.22. The zero-order chi connectivity index (χ0) is 18.8. The molecule has 7 nitrogen and oxygen atoms in total. The second kappa shape index (κ2) is 9.67. The third-order valence-electron chi connectivity index (χ3n) is 3.49. The number of ether oxygens (including phenoxy) is 1. The first-order chi connectivity index (χ1) is 11.8. The predicted octanol–water partition coefficient (Wildman–Crippen LogP) is 0.463. The summed E-state index contributed by atoms with van der Waals surface area (Å²) < 4.78 is 12.3. The van der Waals surface area contributed by atoms with E-state index in [1.165, 1.54) is 0 Å². The molecular formula is C17H25N3O4. The highest BCUT2D eigenvalue weighted by molar-refractivity contribution is 5.89. The zero-order valence-corrected chi connectivity index (χ0v) is 14.0. The van der Waals surface area contributed by atoms with Gasteiger partial charge in [0.25, 0.3) is 0 Å². The zero-order valence-electron chi connectivity index (χ0n) is 15.0. The molecule has 24 heavy (non-hydrogen) atoms. The minimum absolute atomic E-state index is 0.0392. The van der Waals surface area contributed by atoms with Crippen molar-refractivity contribution in [3.63, 3.8) is 0 Å². The number of benzene rings is 1. The molecule has 1 aromatic carbocycles. The van der Waals surface area contributed by atoms with Crippen molar-refractivity contribution in [2.45, 2.75) is 45.4 Å². The highest BCUT2D eigenvalue weighted by atomic mass is 16.5. The fourth-order valence-electron chi connectivity index (χ4n) is 1.92. The number of hydrogen-bond donors (Lipinski definition) is 3. The first-order valence-corrected chi connectivity index (χ1v) is 7.81. The fraction of sp³-hybridized carbons (Fsp3) is 0.471.